The zero-order valence-corrected chi connectivity index (χ0v) is 9.13. The van der Waals surface area contributed by atoms with E-state index in [4.69, 9.17) is 16.3 Å². The van der Waals surface area contributed by atoms with Gasteiger partial charge < -0.3 is 4.74 Å². The van der Waals surface area contributed by atoms with Crippen LogP contribution in [-0.4, -0.2) is 16.6 Å². The van der Waals surface area contributed by atoms with E-state index < -0.39 is 0 Å². The number of unbranched alkanes of at least 4 members (excludes halogenated alkanes) is 3. The van der Waals surface area contributed by atoms with Crippen LogP contribution in [0.3, 0.4) is 0 Å². The van der Waals surface area contributed by atoms with E-state index in [1.54, 1.807) is 6.07 Å². The lowest BCUT2D eigenvalue weighted by molar-refractivity contribution is 0.293. The van der Waals surface area contributed by atoms with Crippen molar-refractivity contribution in [1.29, 1.82) is 0 Å². The van der Waals surface area contributed by atoms with Crippen molar-refractivity contribution >= 4 is 11.6 Å². The quantitative estimate of drug-likeness (QED) is 0.539. The summed E-state index contributed by atoms with van der Waals surface area (Å²) in [7, 11) is 0. The van der Waals surface area contributed by atoms with Gasteiger partial charge in [0, 0.05) is 6.07 Å². The fraction of sp³-hybridized carbons (Fsp3) is 0.600. The van der Waals surface area contributed by atoms with Crippen LogP contribution in [0, 0.1) is 0 Å². The van der Waals surface area contributed by atoms with E-state index in [-0.39, 0.29) is 0 Å². The van der Waals surface area contributed by atoms with Crippen LogP contribution in [0.1, 0.15) is 32.6 Å². The fourth-order valence-electron chi connectivity index (χ4n) is 1.10. The minimum atomic E-state index is 0.420. The monoisotopic (exact) mass is 214 g/mol. The first-order chi connectivity index (χ1) is 6.83. The second kappa shape index (κ2) is 6.60. The molecule has 0 N–H and O–H groups in total. The molecule has 1 aromatic rings. The SMILES string of the molecule is CCCCCCOc1cc(Cl)ncn1. The van der Waals surface area contributed by atoms with Gasteiger partial charge in [0.25, 0.3) is 0 Å². The van der Waals surface area contributed by atoms with Crippen molar-refractivity contribution in [1.82, 2.24) is 9.97 Å². The smallest absolute Gasteiger partial charge is 0.217 e. The summed E-state index contributed by atoms with van der Waals surface area (Å²) < 4.78 is 5.40. The molecular formula is C10H15ClN2O. The van der Waals surface area contributed by atoms with E-state index in [0.717, 1.165) is 6.42 Å². The van der Waals surface area contributed by atoms with Crippen LogP contribution in [0.15, 0.2) is 12.4 Å². The second-order valence-corrected chi connectivity index (χ2v) is 3.48. The lowest BCUT2D eigenvalue weighted by Gasteiger charge is -2.03. The number of rotatable bonds is 6. The number of ether oxygens (including phenoxy) is 1. The standard InChI is InChI=1S/C10H15ClN2O/c1-2-3-4-5-6-14-10-7-9(11)12-8-13-10/h7-8H,2-6H2,1H3. The lowest BCUT2D eigenvalue weighted by atomic mass is 10.2. The highest BCUT2D eigenvalue weighted by Crippen LogP contribution is 2.11. The Balaban J connectivity index is 2.18. The van der Waals surface area contributed by atoms with E-state index in [9.17, 15) is 0 Å². The summed E-state index contributed by atoms with van der Waals surface area (Å²) in [6, 6.07) is 1.63. The molecule has 0 aliphatic carbocycles. The van der Waals surface area contributed by atoms with E-state index >= 15 is 0 Å². The van der Waals surface area contributed by atoms with E-state index in [1.807, 2.05) is 0 Å². The van der Waals surface area contributed by atoms with Crippen LogP contribution in [0.2, 0.25) is 5.15 Å². The normalized spacial score (nSPS) is 10.1. The average Bonchev–Trinajstić information content (AvgIpc) is 2.18. The predicted octanol–water partition coefficient (Wildman–Crippen LogP) is 3.09. The molecule has 0 saturated carbocycles. The minimum Gasteiger partial charge on any atom is -0.478 e. The van der Waals surface area contributed by atoms with Crippen molar-refractivity contribution in [2.24, 2.45) is 0 Å². The average molecular weight is 215 g/mol. The van der Waals surface area contributed by atoms with Crippen LogP contribution in [0.25, 0.3) is 0 Å². The molecule has 0 aromatic carbocycles. The molecule has 0 unspecified atom stereocenters. The highest BCUT2D eigenvalue weighted by atomic mass is 35.5. The Labute approximate surface area is 89.5 Å². The molecule has 0 radical (unpaired) electrons. The largest absolute Gasteiger partial charge is 0.478 e. The van der Waals surface area contributed by atoms with Gasteiger partial charge in [0.05, 0.1) is 6.61 Å². The van der Waals surface area contributed by atoms with E-state index in [2.05, 4.69) is 16.9 Å². The van der Waals surface area contributed by atoms with E-state index in [1.165, 1.54) is 25.6 Å². The van der Waals surface area contributed by atoms with Gasteiger partial charge >= 0.3 is 0 Å². The van der Waals surface area contributed by atoms with Crippen LogP contribution in [0.5, 0.6) is 5.88 Å². The van der Waals surface area contributed by atoms with Gasteiger partial charge in [-0.05, 0) is 6.42 Å². The molecule has 3 nitrogen and oxygen atoms in total. The summed E-state index contributed by atoms with van der Waals surface area (Å²) in [5.74, 6) is 0.557. The first-order valence-electron chi connectivity index (χ1n) is 4.93. The van der Waals surface area contributed by atoms with Gasteiger partial charge in [-0.25, -0.2) is 9.97 Å². The Bertz CT molecular complexity index is 268. The molecule has 0 atom stereocenters. The van der Waals surface area contributed by atoms with Crippen molar-refractivity contribution in [3.05, 3.63) is 17.5 Å². The first kappa shape index (κ1) is 11.2. The van der Waals surface area contributed by atoms with Crippen molar-refractivity contribution in [3.63, 3.8) is 0 Å². The second-order valence-electron chi connectivity index (χ2n) is 3.09. The Hall–Kier alpha value is -0.830. The molecule has 0 saturated heterocycles. The number of nitrogens with zero attached hydrogens (tertiary/aromatic N) is 2. The molecule has 0 amide bonds. The van der Waals surface area contributed by atoms with Crippen molar-refractivity contribution < 1.29 is 4.74 Å². The van der Waals surface area contributed by atoms with Gasteiger partial charge in [0.1, 0.15) is 11.5 Å². The Kier molecular flexibility index (Phi) is 5.30. The van der Waals surface area contributed by atoms with Gasteiger partial charge in [-0.3, -0.25) is 0 Å². The van der Waals surface area contributed by atoms with Gasteiger partial charge in [-0.15, -0.1) is 0 Å². The molecule has 1 heterocycles. The van der Waals surface area contributed by atoms with Crippen molar-refractivity contribution in [3.8, 4) is 5.88 Å². The van der Waals surface area contributed by atoms with Crippen LogP contribution in [-0.2, 0) is 0 Å². The van der Waals surface area contributed by atoms with E-state index in [0.29, 0.717) is 17.6 Å². The van der Waals surface area contributed by atoms with Crippen molar-refractivity contribution in [2.45, 2.75) is 32.6 Å². The molecule has 78 valence electrons. The highest BCUT2D eigenvalue weighted by Gasteiger charge is 1.96. The maximum Gasteiger partial charge on any atom is 0.217 e. The maximum absolute atomic E-state index is 5.68. The zero-order valence-electron chi connectivity index (χ0n) is 8.37. The maximum atomic E-state index is 5.68. The summed E-state index contributed by atoms with van der Waals surface area (Å²) >= 11 is 5.68. The van der Waals surface area contributed by atoms with Gasteiger partial charge in [-0.1, -0.05) is 37.8 Å². The van der Waals surface area contributed by atoms with Crippen LogP contribution >= 0.6 is 11.6 Å². The summed E-state index contributed by atoms with van der Waals surface area (Å²) in [5.41, 5.74) is 0. The fourth-order valence-corrected chi connectivity index (χ4v) is 1.24. The van der Waals surface area contributed by atoms with Gasteiger partial charge in [-0.2, -0.15) is 0 Å². The molecule has 0 bridgehead atoms. The molecule has 0 aliphatic heterocycles. The predicted molar refractivity (Wildman–Crippen MR) is 56.7 cm³/mol. The molecule has 4 heteroatoms. The molecular weight excluding hydrogens is 200 g/mol. The molecule has 0 aliphatic rings. The zero-order chi connectivity index (χ0) is 10.2. The number of halogens is 1. The number of aromatic nitrogens is 2. The third kappa shape index (κ3) is 4.42. The Morgan fingerprint density at radius 2 is 2.14 bits per heavy atom. The molecule has 1 aromatic heterocycles. The minimum absolute atomic E-state index is 0.420. The van der Waals surface area contributed by atoms with Gasteiger partial charge in [0.2, 0.25) is 5.88 Å². The third-order valence-electron chi connectivity index (χ3n) is 1.86. The molecule has 1 rings (SSSR count). The summed E-state index contributed by atoms with van der Waals surface area (Å²) in [6.07, 6.45) is 6.17. The van der Waals surface area contributed by atoms with Crippen molar-refractivity contribution in [2.75, 3.05) is 6.61 Å². The number of hydrogen-bond donors (Lipinski definition) is 0. The summed E-state index contributed by atoms with van der Waals surface area (Å²) in [5, 5.41) is 0.420. The summed E-state index contributed by atoms with van der Waals surface area (Å²) in [6.45, 7) is 2.89. The Morgan fingerprint density at radius 3 is 2.86 bits per heavy atom. The topological polar surface area (TPSA) is 35.0 Å². The molecule has 0 spiro atoms. The van der Waals surface area contributed by atoms with Crippen LogP contribution < -0.4 is 4.74 Å². The third-order valence-corrected chi connectivity index (χ3v) is 2.06. The first-order valence-corrected chi connectivity index (χ1v) is 5.31. The molecule has 0 fully saturated rings. The highest BCUT2D eigenvalue weighted by molar-refractivity contribution is 6.29. The number of hydrogen-bond acceptors (Lipinski definition) is 3. The lowest BCUT2D eigenvalue weighted by Crippen LogP contribution is -1.99. The van der Waals surface area contributed by atoms with Crippen LogP contribution in [0.4, 0.5) is 0 Å². The van der Waals surface area contributed by atoms with Gasteiger partial charge in [0.15, 0.2) is 0 Å². The molecule has 14 heavy (non-hydrogen) atoms. The summed E-state index contributed by atoms with van der Waals surface area (Å²) in [4.78, 5) is 7.71. The Morgan fingerprint density at radius 1 is 1.29 bits per heavy atom.